The second kappa shape index (κ2) is 8.63. The smallest absolute Gasteiger partial charge is 0.306 e. The van der Waals surface area contributed by atoms with Gasteiger partial charge < -0.3 is 14.7 Å². The number of rotatable bonds is 6. The molecule has 2 aromatic rings. The summed E-state index contributed by atoms with van der Waals surface area (Å²) >= 11 is 0. The van der Waals surface area contributed by atoms with Crippen molar-refractivity contribution in [2.75, 3.05) is 19.7 Å². The molecule has 0 unspecified atom stereocenters. The fourth-order valence-corrected chi connectivity index (χ4v) is 3.26. The third kappa shape index (κ3) is 4.70. The third-order valence-corrected chi connectivity index (χ3v) is 4.60. The molecule has 1 N–H and O–H groups in total. The molecule has 1 aliphatic rings. The summed E-state index contributed by atoms with van der Waals surface area (Å²) in [5, 5.41) is 8.95. The van der Waals surface area contributed by atoms with E-state index in [1.54, 1.807) is 4.90 Å². The lowest BCUT2D eigenvalue weighted by molar-refractivity contribution is -0.141. The number of aryl methyl sites for hydroxylation is 2. The van der Waals surface area contributed by atoms with Crippen LogP contribution in [0.15, 0.2) is 54.6 Å². The van der Waals surface area contributed by atoms with Crippen LogP contribution in [-0.2, 0) is 22.4 Å². The van der Waals surface area contributed by atoms with Gasteiger partial charge in [-0.1, -0.05) is 48.5 Å². The van der Waals surface area contributed by atoms with E-state index >= 15 is 0 Å². The molecule has 0 aliphatic carbocycles. The molecule has 0 spiro atoms. The maximum absolute atomic E-state index is 13.0. The molecule has 26 heavy (non-hydrogen) atoms. The molecular formula is C21H23NO4. The summed E-state index contributed by atoms with van der Waals surface area (Å²) in [5.74, 6) is -0.958. The number of carboxylic acids is 1. The Morgan fingerprint density at radius 2 is 1.77 bits per heavy atom. The molecule has 5 nitrogen and oxygen atoms in total. The zero-order chi connectivity index (χ0) is 18.4. The maximum atomic E-state index is 13.0. The van der Waals surface area contributed by atoms with E-state index in [4.69, 9.17) is 9.84 Å². The largest absolute Gasteiger partial charge is 0.481 e. The van der Waals surface area contributed by atoms with Gasteiger partial charge in [0.25, 0.3) is 5.91 Å². The van der Waals surface area contributed by atoms with Crippen molar-refractivity contribution in [1.29, 1.82) is 0 Å². The summed E-state index contributed by atoms with van der Waals surface area (Å²) in [6, 6.07) is 17.9. The number of nitrogens with zero attached hydrogens (tertiary/aromatic N) is 1. The molecule has 0 aromatic heterocycles. The number of hydrogen-bond donors (Lipinski definition) is 1. The summed E-state index contributed by atoms with van der Waals surface area (Å²) < 4.78 is 5.47. The molecule has 1 atom stereocenters. The second-order valence-corrected chi connectivity index (χ2v) is 6.48. The average molecular weight is 353 g/mol. The SMILES string of the molecule is O=C(O)C[C@@H]1CN(C(=O)c2ccccc2CCc2ccccc2)CCO1. The van der Waals surface area contributed by atoms with E-state index in [9.17, 15) is 9.59 Å². The van der Waals surface area contributed by atoms with Crippen LogP contribution in [0.3, 0.4) is 0 Å². The Hall–Kier alpha value is -2.66. The van der Waals surface area contributed by atoms with E-state index in [0.717, 1.165) is 18.4 Å². The standard InChI is InChI=1S/C21H23NO4/c23-20(24)14-18-15-22(12-13-26-18)21(25)19-9-5-4-8-17(19)11-10-16-6-2-1-3-7-16/h1-9,18H,10-15H2,(H,23,24)/t18-/m1/s1. The van der Waals surface area contributed by atoms with Gasteiger partial charge >= 0.3 is 5.97 Å². The minimum atomic E-state index is -0.910. The van der Waals surface area contributed by atoms with Crippen molar-refractivity contribution in [2.24, 2.45) is 0 Å². The van der Waals surface area contributed by atoms with E-state index in [-0.39, 0.29) is 12.3 Å². The van der Waals surface area contributed by atoms with Gasteiger partial charge in [-0.15, -0.1) is 0 Å². The van der Waals surface area contributed by atoms with Crippen LogP contribution in [0, 0.1) is 0 Å². The number of hydrogen-bond acceptors (Lipinski definition) is 3. The summed E-state index contributed by atoms with van der Waals surface area (Å²) in [7, 11) is 0. The predicted octanol–water partition coefficient (Wildman–Crippen LogP) is 2.79. The highest BCUT2D eigenvalue weighted by Crippen LogP contribution is 2.18. The summed E-state index contributed by atoms with van der Waals surface area (Å²) in [4.78, 5) is 25.6. The van der Waals surface area contributed by atoms with Gasteiger partial charge in [-0.25, -0.2) is 0 Å². The van der Waals surface area contributed by atoms with Crippen LogP contribution < -0.4 is 0 Å². The summed E-state index contributed by atoms with van der Waals surface area (Å²) in [5.41, 5.74) is 2.95. The molecule has 136 valence electrons. The van der Waals surface area contributed by atoms with Crippen molar-refractivity contribution in [3.05, 3.63) is 71.3 Å². The van der Waals surface area contributed by atoms with Crippen LogP contribution in [0.1, 0.15) is 27.9 Å². The average Bonchev–Trinajstić information content (AvgIpc) is 2.66. The van der Waals surface area contributed by atoms with Gasteiger partial charge in [-0.05, 0) is 30.0 Å². The second-order valence-electron chi connectivity index (χ2n) is 6.48. The summed E-state index contributed by atoms with van der Waals surface area (Å²) in [6.45, 7) is 1.18. The predicted molar refractivity (Wildman–Crippen MR) is 98.2 cm³/mol. The first-order chi connectivity index (χ1) is 12.6. The molecule has 0 saturated carbocycles. The van der Waals surface area contributed by atoms with Crippen molar-refractivity contribution < 1.29 is 19.4 Å². The number of benzene rings is 2. The van der Waals surface area contributed by atoms with Crippen molar-refractivity contribution in [3.63, 3.8) is 0 Å². The molecule has 0 bridgehead atoms. The number of morpholine rings is 1. The van der Waals surface area contributed by atoms with Crippen LogP contribution in [0.4, 0.5) is 0 Å². The number of amides is 1. The Labute approximate surface area is 153 Å². The van der Waals surface area contributed by atoms with Gasteiger partial charge in [0.1, 0.15) is 0 Å². The first-order valence-corrected chi connectivity index (χ1v) is 8.88. The molecule has 0 radical (unpaired) electrons. The fraction of sp³-hybridized carbons (Fsp3) is 0.333. The normalized spacial score (nSPS) is 17.1. The van der Waals surface area contributed by atoms with Gasteiger partial charge in [0, 0.05) is 18.7 Å². The Bertz CT molecular complexity index is 760. The topological polar surface area (TPSA) is 66.8 Å². The van der Waals surface area contributed by atoms with E-state index in [2.05, 4.69) is 12.1 Å². The molecule has 2 aromatic carbocycles. The van der Waals surface area contributed by atoms with Crippen LogP contribution in [-0.4, -0.2) is 47.7 Å². The number of carbonyl (C=O) groups is 2. The minimum absolute atomic E-state index is 0.0487. The van der Waals surface area contributed by atoms with E-state index < -0.39 is 12.1 Å². The first-order valence-electron chi connectivity index (χ1n) is 8.88. The van der Waals surface area contributed by atoms with E-state index in [1.807, 2.05) is 42.5 Å². The lowest BCUT2D eigenvalue weighted by Gasteiger charge is -2.32. The van der Waals surface area contributed by atoms with Crippen LogP contribution in [0.5, 0.6) is 0 Å². The van der Waals surface area contributed by atoms with Crippen molar-refractivity contribution in [1.82, 2.24) is 4.90 Å². The maximum Gasteiger partial charge on any atom is 0.306 e. The van der Waals surface area contributed by atoms with Crippen molar-refractivity contribution in [3.8, 4) is 0 Å². The Morgan fingerprint density at radius 1 is 1.04 bits per heavy atom. The van der Waals surface area contributed by atoms with E-state index in [0.29, 0.717) is 25.3 Å². The molecule has 5 heteroatoms. The highest BCUT2D eigenvalue weighted by molar-refractivity contribution is 5.95. The zero-order valence-corrected chi connectivity index (χ0v) is 14.6. The molecule has 1 amide bonds. The van der Waals surface area contributed by atoms with Crippen molar-refractivity contribution in [2.45, 2.75) is 25.4 Å². The van der Waals surface area contributed by atoms with Gasteiger partial charge in [-0.2, -0.15) is 0 Å². The number of aliphatic carboxylic acids is 1. The number of ether oxygens (including phenoxy) is 1. The molecule has 3 rings (SSSR count). The van der Waals surface area contributed by atoms with Gasteiger partial charge in [0.05, 0.1) is 19.1 Å². The molecular weight excluding hydrogens is 330 g/mol. The van der Waals surface area contributed by atoms with E-state index in [1.165, 1.54) is 5.56 Å². The number of carbonyl (C=O) groups excluding carboxylic acids is 1. The molecule has 1 heterocycles. The Morgan fingerprint density at radius 3 is 2.54 bits per heavy atom. The van der Waals surface area contributed by atoms with Crippen LogP contribution in [0.25, 0.3) is 0 Å². The molecule has 1 fully saturated rings. The first kappa shape index (κ1) is 18.1. The van der Waals surface area contributed by atoms with Crippen LogP contribution in [0.2, 0.25) is 0 Å². The number of carboxylic acid groups (broad SMARTS) is 1. The highest BCUT2D eigenvalue weighted by Gasteiger charge is 2.27. The summed E-state index contributed by atoms with van der Waals surface area (Å²) in [6.07, 6.45) is 1.13. The zero-order valence-electron chi connectivity index (χ0n) is 14.6. The molecule has 1 saturated heterocycles. The van der Waals surface area contributed by atoms with Gasteiger partial charge in [0.15, 0.2) is 0 Å². The van der Waals surface area contributed by atoms with Crippen molar-refractivity contribution >= 4 is 11.9 Å². The lowest BCUT2D eigenvalue weighted by atomic mass is 9.98. The fourth-order valence-electron chi connectivity index (χ4n) is 3.26. The Balaban J connectivity index is 1.70. The lowest BCUT2D eigenvalue weighted by Crippen LogP contribution is -2.46. The third-order valence-electron chi connectivity index (χ3n) is 4.60. The van der Waals surface area contributed by atoms with Gasteiger partial charge in [-0.3, -0.25) is 9.59 Å². The quantitative estimate of drug-likeness (QED) is 0.867. The molecule has 1 aliphatic heterocycles. The minimum Gasteiger partial charge on any atom is -0.481 e. The van der Waals surface area contributed by atoms with Crippen LogP contribution >= 0.6 is 0 Å². The van der Waals surface area contributed by atoms with Gasteiger partial charge in [0.2, 0.25) is 0 Å². The highest BCUT2D eigenvalue weighted by atomic mass is 16.5. The Kier molecular flexibility index (Phi) is 6.02. The monoisotopic (exact) mass is 353 g/mol.